The van der Waals surface area contributed by atoms with Gasteiger partial charge in [-0.3, -0.25) is 0 Å². The van der Waals surface area contributed by atoms with Gasteiger partial charge < -0.3 is 9.84 Å². The molecule has 0 aliphatic rings. The molecule has 1 unspecified atom stereocenters. The third-order valence-electron chi connectivity index (χ3n) is 3.07. The second-order valence-corrected chi connectivity index (χ2v) is 5.27. The van der Waals surface area contributed by atoms with Crippen LogP contribution in [-0.4, -0.2) is 12.2 Å². The van der Waals surface area contributed by atoms with E-state index in [-0.39, 0.29) is 0 Å². The van der Waals surface area contributed by atoms with Crippen molar-refractivity contribution >= 4 is 15.9 Å². The summed E-state index contributed by atoms with van der Waals surface area (Å²) in [5.41, 5.74) is 2.24. The zero-order chi connectivity index (χ0) is 14.5. The van der Waals surface area contributed by atoms with Crippen molar-refractivity contribution in [3.05, 3.63) is 63.6 Å². The molecule has 0 heterocycles. The lowest BCUT2D eigenvalue weighted by molar-refractivity contribution is 0.178. The molecule has 2 aromatic carbocycles. The van der Waals surface area contributed by atoms with Gasteiger partial charge >= 0.3 is 0 Å². The topological polar surface area (TPSA) is 53.2 Å². The molecule has 0 saturated carbocycles. The molecule has 0 fully saturated rings. The lowest BCUT2D eigenvalue weighted by atomic mass is 10.00. The van der Waals surface area contributed by atoms with Crippen molar-refractivity contribution in [1.29, 1.82) is 5.26 Å². The van der Waals surface area contributed by atoms with Gasteiger partial charge in [-0.15, -0.1) is 0 Å². The molecule has 0 saturated heterocycles. The average molecular weight is 332 g/mol. The van der Waals surface area contributed by atoms with E-state index >= 15 is 0 Å². The van der Waals surface area contributed by atoms with Crippen LogP contribution < -0.4 is 4.74 Å². The van der Waals surface area contributed by atoms with Gasteiger partial charge in [-0.2, -0.15) is 5.26 Å². The molecular formula is C16H14BrNO2. The van der Waals surface area contributed by atoms with Gasteiger partial charge in [-0.25, -0.2) is 0 Å². The molecule has 1 N–H and O–H groups in total. The predicted octanol–water partition coefficient (Wildman–Crippen LogP) is 3.61. The minimum absolute atomic E-state index is 0.451. The Kier molecular flexibility index (Phi) is 4.78. The summed E-state index contributed by atoms with van der Waals surface area (Å²) in [7, 11) is 1.61. The normalized spacial score (nSPS) is 11.7. The van der Waals surface area contributed by atoms with Crippen LogP contribution in [0.4, 0.5) is 0 Å². The summed E-state index contributed by atoms with van der Waals surface area (Å²) in [6.07, 6.45) is -0.209. The fourth-order valence-corrected chi connectivity index (χ4v) is 2.38. The number of rotatable bonds is 4. The Hall–Kier alpha value is -1.83. The highest BCUT2D eigenvalue weighted by Gasteiger charge is 2.12. The van der Waals surface area contributed by atoms with Crippen molar-refractivity contribution < 1.29 is 9.84 Å². The molecule has 102 valence electrons. The first kappa shape index (κ1) is 14.6. The standard InChI is InChI=1S/C16H14BrNO2/c1-20-14-5-6-15(17)13(8-14)9-16(19)12-4-2-3-11(7-12)10-18/h2-8,16,19H,9H2,1H3. The van der Waals surface area contributed by atoms with E-state index in [1.807, 2.05) is 24.3 Å². The van der Waals surface area contributed by atoms with E-state index in [0.717, 1.165) is 21.3 Å². The van der Waals surface area contributed by atoms with Gasteiger partial charge in [-0.05, 0) is 41.5 Å². The number of hydrogen-bond donors (Lipinski definition) is 1. The number of benzene rings is 2. The number of nitrogens with zero attached hydrogens (tertiary/aromatic N) is 1. The Morgan fingerprint density at radius 3 is 2.80 bits per heavy atom. The number of methoxy groups -OCH3 is 1. The minimum Gasteiger partial charge on any atom is -0.497 e. The zero-order valence-electron chi connectivity index (χ0n) is 11.0. The maximum Gasteiger partial charge on any atom is 0.119 e. The SMILES string of the molecule is COc1ccc(Br)c(CC(O)c2cccc(C#N)c2)c1. The van der Waals surface area contributed by atoms with E-state index in [4.69, 9.17) is 10.00 Å². The summed E-state index contributed by atoms with van der Waals surface area (Å²) in [6.45, 7) is 0. The maximum atomic E-state index is 10.3. The first-order valence-electron chi connectivity index (χ1n) is 6.14. The molecule has 0 spiro atoms. The Bertz CT molecular complexity index is 649. The van der Waals surface area contributed by atoms with Gasteiger partial charge in [-0.1, -0.05) is 28.1 Å². The summed E-state index contributed by atoms with van der Waals surface area (Å²) in [6, 6.07) is 14.7. The van der Waals surface area contributed by atoms with Crippen LogP contribution in [0.25, 0.3) is 0 Å². The Labute approximate surface area is 126 Å². The van der Waals surface area contributed by atoms with Gasteiger partial charge in [0, 0.05) is 10.9 Å². The van der Waals surface area contributed by atoms with Crippen molar-refractivity contribution in [2.45, 2.75) is 12.5 Å². The van der Waals surface area contributed by atoms with Crippen molar-refractivity contribution in [2.24, 2.45) is 0 Å². The first-order valence-corrected chi connectivity index (χ1v) is 6.94. The summed E-state index contributed by atoms with van der Waals surface area (Å²) in [5.74, 6) is 0.751. The fraction of sp³-hybridized carbons (Fsp3) is 0.188. The van der Waals surface area contributed by atoms with Crippen LogP contribution in [0.2, 0.25) is 0 Å². The third kappa shape index (κ3) is 3.38. The highest BCUT2D eigenvalue weighted by molar-refractivity contribution is 9.10. The van der Waals surface area contributed by atoms with Gasteiger partial charge in [0.25, 0.3) is 0 Å². The largest absolute Gasteiger partial charge is 0.497 e. The smallest absolute Gasteiger partial charge is 0.119 e. The number of aliphatic hydroxyl groups excluding tert-OH is 1. The molecule has 0 amide bonds. The molecule has 0 radical (unpaired) electrons. The van der Waals surface area contributed by atoms with Gasteiger partial charge in [0.1, 0.15) is 5.75 Å². The molecule has 0 aliphatic carbocycles. The van der Waals surface area contributed by atoms with Gasteiger partial charge in [0.15, 0.2) is 0 Å². The van der Waals surface area contributed by atoms with E-state index in [9.17, 15) is 5.11 Å². The summed E-state index contributed by atoms with van der Waals surface area (Å²) in [5, 5.41) is 19.2. The highest BCUT2D eigenvalue weighted by Crippen LogP contribution is 2.27. The average Bonchev–Trinajstić information content (AvgIpc) is 2.49. The van der Waals surface area contributed by atoms with Crippen LogP contribution in [0.5, 0.6) is 5.75 Å². The monoisotopic (exact) mass is 331 g/mol. The highest BCUT2D eigenvalue weighted by atomic mass is 79.9. The van der Waals surface area contributed by atoms with E-state index in [0.29, 0.717) is 12.0 Å². The lowest BCUT2D eigenvalue weighted by Crippen LogP contribution is -2.03. The van der Waals surface area contributed by atoms with E-state index < -0.39 is 6.10 Å². The van der Waals surface area contributed by atoms with Crippen LogP contribution in [0, 0.1) is 11.3 Å². The van der Waals surface area contributed by atoms with Crippen molar-refractivity contribution in [1.82, 2.24) is 0 Å². The second kappa shape index (κ2) is 6.56. The molecule has 0 aliphatic heterocycles. The number of hydrogen-bond acceptors (Lipinski definition) is 3. The number of nitriles is 1. The van der Waals surface area contributed by atoms with Crippen LogP contribution in [0.15, 0.2) is 46.9 Å². The molecule has 0 aromatic heterocycles. The van der Waals surface area contributed by atoms with E-state index in [2.05, 4.69) is 22.0 Å². The number of halogens is 1. The molecule has 4 heteroatoms. The molecule has 20 heavy (non-hydrogen) atoms. The molecule has 2 aromatic rings. The second-order valence-electron chi connectivity index (χ2n) is 4.41. The van der Waals surface area contributed by atoms with Crippen LogP contribution in [0.3, 0.4) is 0 Å². The van der Waals surface area contributed by atoms with Gasteiger partial charge in [0.2, 0.25) is 0 Å². The Morgan fingerprint density at radius 1 is 1.30 bits per heavy atom. The van der Waals surface area contributed by atoms with E-state index in [1.54, 1.807) is 25.3 Å². The van der Waals surface area contributed by atoms with Crippen LogP contribution in [-0.2, 0) is 6.42 Å². The Morgan fingerprint density at radius 2 is 2.10 bits per heavy atom. The molecular weight excluding hydrogens is 318 g/mol. The quantitative estimate of drug-likeness (QED) is 0.931. The first-order chi connectivity index (χ1) is 9.63. The zero-order valence-corrected chi connectivity index (χ0v) is 12.6. The minimum atomic E-state index is -0.660. The fourth-order valence-electron chi connectivity index (χ4n) is 1.98. The van der Waals surface area contributed by atoms with Crippen molar-refractivity contribution in [3.63, 3.8) is 0 Å². The summed E-state index contributed by atoms with van der Waals surface area (Å²) < 4.78 is 6.11. The summed E-state index contributed by atoms with van der Waals surface area (Å²) in [4.78, 5) is 0. The summed E-state index contributed by atoms with van der Waals surface area (Å²) >= 11 is 3.47. The molecule has 0 bridgehead atoms. The van der Waals surface area contributed by atoms with E-state index in [1.165, 1.54) is 0 Å². The molecule has 1 atom stereocenters. The van der Waals surface area contributed by atoms with Crippen molar-refractivity contribution in [3.8, 4) is 11.8 Å². The van der Waals surface area contributed by atoms with Crippen LogP contribution in [0.1, 0.15) is 22.8 Å². The molecule has 3 nitrogen and oxygen atoms in total. The van der Waals surface area contributed by atoms with Gasteiger partial charge in [0.05, 0.1) is 24.8 Å². The number of ether oxygens (including phenoxy) is 1. The van der Waals surface area contributed by atoms with Crippen molar-refractivity contribution in [2.75, 3.05) is 7.11 Å². The lowest BCUT2D eigenvalue weighted by Gasteiger charge is -2.13. The van der Waals surface area contributed by atoms with Crippen LogP contribution >= 0.6 is 15.9 Å². The number of aliphatic hydroxyl groups is 1. The third-order valence-corrected chi connectivity index (χ3v) is 3.84. The predicted molar refractivity (Wildman–Crippen MR) is 80.5 cm³/mol. The Balaban J connectivity index is 2.23. The molecule has 2 rings (SSSR count). The maximum absolute atomic E-state index is 10.3.